The smallest absolute Gasteiger partial charge is 0.372 e. The minimum Gasteiger partial charge on any atom is -0.372 e. The van der Waals surface area contributed by atoms with E-state index < -0.39 is 12.8 Å². The van der Waals surface area contributed by atoms with Crippen LogP contribution in [0.5, 0.6) is 0 Å². The first-order valence-corrected chi connectivity index (χ1v) is 7.47. The number of nitrogens with zero attached hydrogens (tertiary/aromatic N) is 3. The zero-order chi connectivity index (χ0) is 17.5. The van der Waals surface area contributed by atoms with Gasteiger partial charge >= 0.3 is 6.18 Å². The lowest BCUT2D eigenvalue weighted by molar-refractivity contribution is -0.173. The molecule has 0 saturated heterocycles. The van der Waals surface area contributed by atoms with E-state index in [1.54, 1.807) is 7.05 Å². The third kappa shape index (κ3) is 8.97. The van der Waals surface area contributed by atoms with Crippen molar-refractivity contribution in [3.63, 3.8) is 0 Å². The molecule has 1 aromatic heterocycles. The Balaban J connectivity index is 0.00000529. The number of alkyl halides is 3. The molecule has 0 aliphatic heterocycles. The van der Waals surface area contributed by atoms with E-state index >= 15 is 0 Å². The van der Waals surface area contributed by atoms with Crippen LogP contribution in [0.2, 0.25) is 5.02 Å². The van der Waals surface area contributed by atoms with E-state index in [1.165, 1.54) is 0 Å². The summed E-state index contributed by atoms with van der Waals surface area (Å²) in [5.74, 6) is 0.651. The first-order chi connectivity index (χ1) is 10.7. The minimum atomic E-state index is -4.28. The lowest BCUT2D eigenvalue weighted by Crippen LogP contribution is -2.39. The summed E-state index contributed by atoms with van der Waals surface area (Å²) in [6.45, 7) is -0.0905. The molecule has 10 heteroatoms. The third-order valence-electron chi connectivity index (χ3n) is 3.06. The highest BCUT2D eigenvalue weighted by Crippen LogP contribution is 2.15. The second-order valence-corrected chi connectivity index (χ2v) is 5.55. The Bertz CT molecular complexity index is 523. The van der Waals surface area contributed by atoms with Crippen LogP contribution in [0.25, 0.3) is 0 Å². The van der Waals surface area contributed by atoms with Crippen molar-refractivity contribution in [1.29, 1.82) is 0 Å². The normalized spacial score (nSPS) is 12.0. The van der Waals surface area contributed by atoms with Gasteiger partial charge in [-0.15, -0.1) is 24.0 Å². The van der Waals surface area contributed by atoms with Crippen LogP contribution in [-0.2, 0) is 18.3 Å². The zero-order valence-electron chi connectivity index (χ0n) is 13.9. The predicted octanol–water partition coefficient (Wildman–Crippen LogP) is 3.27. The van der Waals surface area contributed by atoms with E-state index in [-0.39, 0.29) is 30.6 Å². The predicted molar refractivity (Wildman–Crippen MR) is 100 cm³/mol. The molecule has 0 radical (unpaired) electrons. The van der Waals surface area contributed by atoms with Gasteiger partial charge in [0.15, 0.2) is 5.96 Å². The molecular formula is C14H23ClF3IN4O. The fourth-order valence-electron chi connectivity index (χ4n) is 1.99. The lowest BCUT2D eigenvalue weighted by Gasteiger charge is -2.22. The summed E-state index contributed by atoms with van der Waals surface area (Å²) in [5, 5.41) is 3.75. The fourth-order valence-corrected chi connectivity index (χ4v) is 2.26. The zero-order valence-corrected chi connectivity index (χ0v) is 16.9. The Hall–Kier alpha value is -0.680. The van der Waals surface area contributed by atoms with Gasteiger partial charge in [-0.1, -0.05) is 11.6 Å². The fraction of sp³-hybridized carbons (Fsp3) is 0.643. The molecule has 0 aromatic carbocycles. The number of aliphatic imine (C=N–C) groups is 1. The Morgan fingerprint density at radius 3 is 2.62 bits per heavy atom. The second kappa shape index (κ2) is 11.0. The van der Waals surface area contributed by atoms with Crippen molar-refractivity contribution in [2.24, 2.45) is 12.0 Å². The summed E-state index contributed by atoms with van der Waals surface area (Å²) in [4.78, 5) is 6.05. The average molecular weight is 483 g/mol. The lowest BCUT2D eigenvalue weighted by atomic mass is 10.4. The maximum atomic E-state index is 11.9. The average Bonchev–Trinajstić information content (AvgIpc) is 2.74. The third-order valence-corrected chi connectivity index (χ3v) is 3.27. The second-order valence-electron chi connectivity index (χ2n) is 5.11. The molecule has 24 heavy (non-hydrogen) atoms. The van der Waals surface area contributed by atoms with Crippen molar-refractivity contribution in [1.82, 2.24) is 14.8 Å². The highest BCUT2D eigenvalue weighted by Gasteiger charge is 2.27. The van der Waals surface area contributed by atoms with Crippen LogP contribution < -0.4 is 5.32 Å². The topological polar surface area (TPSA) is 41.8 Å². The Morgan fingerprint density at radius 1 is 1.46 bits per heavy atom. The number of aromatic nitrogens is 1. The largest absolute Gasteiger partial charge is 0.411 e. The summed E-state index contributed by atoms with van der Waals surface area (Å²) in [6.07, 6.45) is -2.00. The van der Waals surface area contributed by atoms with E-state index in [0.29, 0.717) is 30.5 Å². The Labute approximate surface area is 162 Å². The van der Waals surface area contributed by atoms with E-state index in [1.807, 2.05) is 35.8 Å². The highest BCUT2D eigenvalue weighted by molar-refractivity contribution is 14.0. The molecule has 0 aliphatic rings. The van der Waals surface area contributed by atoms with Gasteiger partial charge in [0.1, 0.15) is 6.61 Å². The maximum absolute atomic E-state index is 11.9. The molecule has 140 valence electrons. The summed E-state index contributed by atoms with van der Waals surface area (Å²) < 4.78 is 42.2. The number of rotatable bonds is 7. The van der Waals surface area contributed by atoms with Crippen molar-refractivity contribution >= 4 is 41.5 Å². The monoisotopic (exact) mass is 482 g/mol. The van der Waals surface area contributed by atoms with Crippen LogP contribution in [-0.4, -0.2) is 55.5 Å². The van der Waals surface area contributed by atoms with Gasteiger partial charge in [-0.3, -0.25) is 4.99 Å². The van der Waals surface area contributed by atoms with Crippen molar-refractivity contribution in [2.45, 2.75) is 19.1 Å². The molecule has 0 bridgehead atoms. The molecule has 0 unspecified atom stereocenters. The molecule has 1 aromatic rings. The molecule has 0 saturated carbocycles. The quantitative estimate of drug-likeness (QED) is 0.281. The maximum Gasteiger partial charge on any atom is 0.411 e. The van der Waals surface area contributed by atoms with Crippen LogP contribution in [0.3, 0.4) is 0 Å². The summed E-state index contributed by atoms with van der Waals surface area (Å²) in [5.41, 5.74) is 1.02. The van der Waals surface area contributed by atoms with Gasteiger partial charge < -0.3 is 19.5 Å². The van der Waals surface area contributed by atoms with E-state index in [0.717, 1.165) is 5.69 Å². The molecule has 5 nitrogen and oxygen atoms in total. The van der Waals surface area contributed by atoms with Gasteiger partial charge in [0, 0.05) is 46.2 Å². The van der Waals surface area contributed by atoms with Crippen LogP contribution >= 0.6 is 35.6 Å². The van der Waals surface area contributed by atoms with Crippen molar-refractivity contribution in [3.8, 4) is 0 Å². The van der Waals surface area contributed by atoms with Gasteiger partial charge in [-0.25, -0.2) is 0 Å². The SMILES string of the molecule is CN=C(NCCCOCC(F)(F)F)N(C)Cc1cc(Cl)cn1C.I. The number of hydrogen-bond donors (Lipinski definition) is 1. The van der Waals surface area contributed by atoms with Crippen molar-refractivity contribution in [2.75, 3.05) is 33.9 Å². The molecule has 0 fully saturated rings. The molecular weight excluding hydrogens is 460 g/mol. The van der Waals surface area contributed by atoms with E-state index in [9.17, 15) is 13.2 Å². The summed E-state index contributed by atoms with van der Waals surface area (Å²) in [6, 6.07) is 1.87. The van der Waals surface area contributed by atoms with Crippen LogP contribution in [0, 0.1) is 0 Å². The number of halogens is 5. The number of aryl methyl sites for hydroxylation is 1. The first-order valence-electron chi connectivity index (χ1n) is 7.10. The van der Waals surface area contributed by atoms with Gasteiger partial charge in [0.2, 0.25) is 0 Å². The van der Waals surface area contributed by atoms with Crippen LogP contribution in [0.15, 0.2) is 17.3 Å². The Kier molecular flexibility index (Phi) is 10.7. The molecule has 1 rings (SSSR count). The van der Waals surface area contributed by atoms with Crippen molar-refractivity contribution in [3.05, 3.63) is 23.0 Å². The number of guanidine groups is 1. The van der Waals surface area contributed by atoms with Gasteiger partial charge in [0.05, 0.1) is 11.6 Å². The minimum absolute atomic E-state index is 0. The number of ether oxygens (including phenoxy) is 1. The van der Waals surface area contributed by atoms with Crippen LogP contribution in [0.1, 0.15) is 12.1 Å². The van der Waals surface area contributed by atoms with E-state index in [2.05, 4.69) is 15.0 Å². The van der Waals surface area contributed by atoms with Gasteiger partial charge in [-0.2, -0.15) is 13.2 Å². The summed E-state index contributed by atoms with van der Waals surface area (Å²) in [7, 11) is 5.43. The summed E-state index contributed by atoms with van der Waals surface area (Å²) >= 11 is 5.95. The Morgan fingerprint density at radius 2 is 2.12 bits per heavy atom. The molecule has 0 spiro atoms. The molecule has 0 aliphatic carbocycles. The first kappa shape index (κ1) is 23.3. The standard InChI is InChI=1S/C14H22ClF3N4O.HI/c1-19-13(20-5-4-6-23-10-14(16,17)18)22(3)9-12-7-11(15)8-21(12)2;/h7-8H,4-6,9-10H2,1-3H3,(H,19,20);1H. The molecule has 1 N–H and O–H groups in total. The number of nitrogens with one attached hydrogen (secondary N) is 1. The number of hydrogen-bond acceptors (Lipinski definition) is 2. The molecule has 0 amide bonds. The van der Waals surface area contributed by atoms with Gasteiger partial charge in [-0.05, 0) is 12.5 Å². The van der Waals surface area contributed by atoms with E-state index in [4.69, 9.17) is 11.6 Å². The van der Waals surface area contributed by atoms with Crippen molar-refractivity contribution < 1.29 is 17.9 Å². The molecule has 1 heterocycles. The van der Waals surface area contributed by atoms with Crippen LogP contribution in [0.4, 0.5) is 13.2 Å². The van der Waals surface area contributed by atoms with Gasteiger partial charge in [0.25, 0.3) is 0 Å². The molecule has 0 atom stereocenters. The highest BCUT2D eigenvalue weighted by atomic mass is 127.